The number of benzene rings is 1. The summed E-state index contributed by atoms with van der Waals surface area (Å²) in [4.78, 5) is 4.59. The molecule has 1 aromatic carbocycles. The summed E-state index contributed by atoms with van der Waals surface area (Å²) in [5.41, 5.74) is 3.91. The summed E-state index contributed by atoms with van der Waals surface area (Å²) in [6.07, 6.45) is 2.70. The van der Waals surface area contributed by atoms with Gasteiger partial charge in [0.15, 0.2) is 5.82 Å². The first-order valence-electron chi connectivity index (χ1n) is 8.95. The Labute approximate surface area is 154 Å². The lowest BCUT2D eigenvalue weighted by atomic mass is 9.89. The third kappa shape index (κ3) is 3.85. The molecule has 6 heteroatoms. The number of aromatic nitrogens is 4. The highest BCUT2D eigenvalue weighted by atomic mass is 16.5. The average Bonchev–Trinajstić information content (AvgIpc) is 3.21. The summed E-state index contributed by atoms with van der Waals surface area (Å²) in [7, 11) is 1.93. The van der Waals surface area contributed by atoms with Gasteiger partial charge in [0, 0.05) is 24.1 Å². The highest BCUT2D eigenvalue weighted by Crippen LogP contribution is 2.32. The second-order valence-corrected chi connectivity index (χ2v) is 7.83. The largest absolute Gasteiger partial charge is 0.334 e. The van der Waals surface area contributed by atoms with Crippen LogP contribution < -0.4 is 5.32 Å². The van der Waals surface area contributed by atoms with Crippen molar-refractivity contribution < 1.29 is 4.52 Å². The molecule has 2 heterocycles. The number of aryl methyl sites for hydroxylation is 1. The van der Waals surface area contributed by atoms with Crippen molar-refractivity contribution >= 4 is 0 Å². The predicted octanol–water partition coefficient (Wildman–Crippen LogP) is 3.68. The van der Waals surface area contributed by atoms with Crippen LogP contribution in [-0.2, 0) is 11.8 Å². The molecule has 26 heavy (non-hydrogen) atoms. The van der Waals surface area contributed by atoms with Gasteiger partial charge in [-0.3, -0.25) is 0 Å². The van der Waals surface area contributed by atoms with E-state index < -0.39 is 0 Å². The van der Waals surface area contributed by atoms with Crippen LogP contribution in [-0.4, -0.2) is 33.0 Å². The van der Waals surface area contributed by atoms with Crippen LogP contribution in [0.1, 0.15) is 44.8 Å². The third-order valence-corrected chi connectivity index (χ3v) is 4.40. The Morgan fingerprint density at radius 3 is 2.50 bits per heavy atom. The molecule has 1 atom stereocenters. The van der Waals surface area contributed by atoms with E-state index in [4.69, 9.17) is 9.62 Å². The molecule has 3 aromatic rings. The second-order valence-electron chi connectivity index (χ2n) is 7.83. The summed E-state index contributed by atoms with van der Waals surface area (Å²) < 4.78 is 7.44. The fourth-order valence-electron chi connectivity index (χ4n) is 2.74. The molecule has 1 unspecified atom stereocenters. The van der Waals surface area contributed by atoms with Gasteiger partial charge in [-0.25, -0.2) is 4.68 Å². The second kappa shape index (κ2) is 7.03. The van der Waals surface area contributed by atoms with E-state index in [0.29, 0.717) is 11.7 Å². The van der Waals surface area contributed by atoms with Crippen molar-refractivity contribution in [2.24, 2.45) is 0 Å². The standard InChI is InChI=1S/C20H27N5O/c1-13-7-9-15(10-8-13)25-12-16(18(23-25)20(3,4)5)19-22-17(24-26-19)11-14(2)21-6/h7-10,12,14,21H,11H2,1-6H3. The smallest absolute Gasteiger partial charge is 0.261 e. The minimum atomic E-state index is -0.141. The molecular formula is C20H27N5O. The van der Waals surface area contributed by atoms with E-state index in [2.05, 4.69) is 74.3 Å². The maximum Gasteiger partial charge on any atom is 0.261 e. The van der Waals surface area contributed by atoms with Gasteiger partial charge in [0.2, 0.25) is 0 Å². The van der Waals surface area contributed by atoms with Gasteiger partial charge in [-0.2, -0.15) is 10.1 Å². The van der Waals surface area contributed by atoms with Gasteiger partial charge >= 0.3 is 0 Å². The first kappa shape index (κ1) is 18.3. The number of hydrogen-bond donors (Lipinski definition) is 1. The summed E-state index contributed by atoms with van der Waals surface area (Å²) in [5.74, 6) is 1.22. The molecule has 0 saturated heterocycles. The van der Waals surface area contributed by atoms with Crippen molar-refractivity contribution in [3.8, 4) is 17.1 Å². The zero-order valence-electron chi connectivity index (χ0n) is 16.4. The Bertz CT molecular complexity index is 870. The monoisotopic (exact) mass is 353 g/mol. The molecule has 0 aliphatic rings. The first-order valence-corrected chi connectivity index (χ1v) is 8.95. The Morgan fingerprint density at radius 1 is 1.19 bits per heavy atom. The lowest BCUT2D eigenvalue weighted by Gasteiger charge is -2.16. The molecule has 138 valence electrons. The minimum absolute atomic E-state index is 0.141. The van der Waals surface area contributed by atoms with Crippen LogP contribution in [0.15, 0.2) is 35.0 Å². The molecule has 6 nitrogen and oxygen atoms in total. The van der Waals surface area contributed by atoms with E-state index in [9.17, 15) is 0 Å². The fourth-order valence-corrected chi connectivity index (χ4v) is 2.74. The van der Waals surface area contributed by atoms with Crippen molar-refractivity contribution in [3.63, 3.8) is 0 Å². The Balaban J connectivity index is 2.01. The summed E-state index contributed by atoms with van der Waals surface area (Å²) in [6.45, 7) is 10.6. The van der Waals surface area contributed by atoms with Crippen LogP contribution in [0.4, 0.5) is 0 Å². The van der Waals surface area contributed by atoms with Crippen LogP contribution in [0.25, 0.3) is 17.1 Å². The van der Waals surface area contributed by atoms with Crippen molar-refractivity contribution in [2.45, 2.75) is 52.5 Å². The quantitative estimate of drug-likeness (QED) is 0.758. The van der Waals surface area contributed by atoms with Crippen LogP contribution in [0, 0.1) is 6.92 Å². The van der Waals surface area contributed by atoms with E-state index >= 15 is 0 Å². The highest BCUT2D eigenvalue weighted by Gasteiger charge is 2.27. The summed E-state index contributed by atoms with van der Waals surface area (Å²) in [6, 6.07) is 8.57. The fraction of sp³-hybridized carbons (Fsp3) is 0.450. The average molecular weight is 353 g/mol. The minimum Gasteiger partial charge on any atom is -0.334 e. The van der Waals surface area contributed by atoms with Crippen molar-refractivity contribution in [3.05, 3.63) is 47.5 Å². The molecule has 0 aliphatic carbocycles. The SMILES string of the molecule is CNC(C)Cc1noc(-c2cn(-c3ccc(C)cc3)nc2C(C)(C)C)n1. The topological polar surface area (TPSA) is 68.8 Å². The molecule has 0 amide bonds. The van der Waals surface area contributed by atoms with Crippen molar-refractivity contribution in [1.82, 2.24) is 25.2 Å². The van der Waals surface area contributed by atoms with Gasteiger partial charge in [-0.05, 0) is 33.0 Å². The highest BCUT2D eigenvalue weighted by molar-refractivity contribution is 5.58. The molecule has 0 spiro atoms. The van der Waals surface area contributed by atoms with E-state index in [0.717, 1.165) is 23.4 Å². The summed E-state index contributed by atoms with van der Waals surface area (Å²) in [5, 5.41) is 12.1. The maximum absolute atomic E-state index is 5.56. The van der Waals surface area contributed by atoms with Crippen LogP contribution in [0.5, 0.6) is 0 Å². The van der Waals surface area contributed by atoms with E-state index in [1.165, 1.54) is 5.56 Å². The normalized spacial score (nSPS) is 13.2. The molecule has 0 radical (unpaired) electrons. The van der Waals surface area contributed by atoms with Crippen LogP contribution >= 0.6 is 0 Å². The number of nitrogens with zero attached hydrogens (tertiary/aromatic N) is 4. The molecule has 3 rings (SSSR count). The van der Waals surface area contributed by atoms with E-state index in [-0.39, 0.29) is 11.5 Å². The predicted molar refractivity (Wildman–Crippen MR) is 103 cm³/mol. The maximum atomic E-state index is 5.56. The first-order chi connectivity index (χ1) is 12.3. The Kier molecular flexibility index (Phi) is 4.96. The lowest BCUT2D eigenvalue weighted by Crippen LogP contribution is -2.24. The van der Waals surface area contributed by atoms with E-state index in [1.807, 2.05) is 17.9 Å². The molecule has 2 aromatic heterocycles. The zero-order valence-corrected chi connectivity index (χ0v) is 16.4. The molecule has 0 bridgehead atoms. The van der Waals surface area contributed by atoms with Gasteiger partial charge in [0.05, 0.1) is 16.9 Å². The number of nitrogens with one attached hydrogen (secondary N) is 1. The van der Waals surface area contributed by atoms with Gasteiger partial charge in [0.1, 0.15) is 0 Å². The number of rotatable bonds is 5. The number of hydrogen-bond acceptors (Lipinski definition) is 5. The summed E-state index contributed by atoms with van der Waals surface area (Å²) >= 11 is 0. The van der Waals surface area contributed by atoms with Crippen LogP contribution in [0.3, 0.4) is 0 Å². The third-order valence-electron chi connectivity index (χ3n) is 4.40. The zero-order chi connectivity index (χ0) is 18.9. The van der Waals surface area contributed by atoms with Gasteiger partial charge < -0.3 is 9.84 Å². The van der Waals surface area contributed by atoms with Gasteiger partial charge in [0.25, 0.3) is 5.89 Å². The Morgan fingerprint density at radius 2 is 1.88 bits per heavy atom. The molecular weight excluding hydrogens is 326 g/mol. The Hall–Kier alpha value is -2.47. The van der Waals surface area contributed by atoms with Crippen molar-refractivity contribution in [2.75, 3.05) is 7.05 Å². The molecule has 0 fully saturated rings. The van der Waals surface area contributed by atoms with E-state index in [1.54, 1.807) is 0 Å². The lowest BCUT2D eigenvalue weighted by molar-refractivity contribution is 0.417. The molecule has 0 saturated carbocycles. The van der Waals surface area contributed by atoms with Crippen LogP contribution in [0.2, 0.25) is 0 Å². The van der Waals surface area contributed by atoms with Gasteiger partial charge in [-0.15, -0.1) is 0 Å². The number of likely N-dealkylation sites (N-methyl/N-ethyl adjacent to an activating group) is 1. The van der Waals surface area contributed by atoms with Gasteiger partial charge in [-0.1, -0.05) is 43.6 Å². The molecule has 1 N–H and O–H groups in total. The van der Waals surface area contributed by atoms with Crippen molar-refractivity contribution in [1.29, 1.82) is 0 Å². The molecule has 0 aliphatic heterocycles.